The van der Waals surface area contributed by atoms with E-state index in [-0.39, 0.29) is 5.56 Å². The SMILES string of the molecule is O=S(=O)(NCC(O)c1ccc(C(F)(F)F)cc1)c1cc(F)cc(F)c1. The summed E-state index contributed by atoms with van der Waals surface area (Å²) in [7, 11) is -4.31. The van der Waals surface area contributed by atoms with Crippen LogP contribution in [0.15, 0.2) is 47.4 Å². The molecule has 1 atom stereocenters. The monoisotopic (exact) mass is 381 g/mol. The minimum Gasteiger partial charge on any atom is -0.387 e. The van der Waals surface area contributed by atoms with Crippen LogP contribution in [0.1, 0.15) is 17.2 Å². The van der Waals surface area contributed by atoms with Crippen LogP contribution in [-0.2, 0) is 16.2 Å². The van der Waals surface area contributed by atoms with Crippen molar-refractivity contribution in [1.82, 2.24) is 4.72 Å². The van der Waals surface area contributed by atoms with Crippen molar-refractivity contribution in [2.45, 2.75) is 17.2 Å². The van der Waals surface area contributed by atoms with Gasteiger partial charge in [-0.1, -0.05) is 12.1 Å². The molecule has 0 heterocycles. The Balaban J connectivity index is 2.09. The third-order valence-electron chi connectivity index (χ3n) is 3.24. The fourth-order valence-corrected chi connectivity index (χ4v) is 3.05. The second kappa shape index (κ2) is 7.06. The van der Waals surface area contributed by atoms with Gasteiger partial charge in [-0.2, -0.15) is 13.2 Å². The van der Waals surface area contributed by atoms with E-state index in [2.05, 4.69) is 0 Å². The second-order valence-corrected chi connectivity index (χ2v) is 6.86. The molecule has 0 radical (unpaired) electrons. The van der Waals surface area contributed by atoms with Crippen LogP contribution < -0.4 is 4.72 Å². The molecule has 2 rings (SSSR count). The number of rotatable bonds is 5. The van der Waals surface area contributed by atoms with Gasteiger partial charge in [0, 0.05) is 12.6 Å². The van der Waals surface area contributed by atoms with Crippen molar-refractivity contribution in [2.75, 3.05) is 6.54 Å². The minimum absolute atomic E-state index is 0.0427. The van der Waals surface area contributed by atoms with Gasteiger partial charge < -0.3 is 5.11 Å². The molecule has 0 fully saturated rings. The number of hydrogen-bond acceptors (Lipinski definition) is 3. The van der Waals surface area contributed by atoms with Gasteiger partial charge in [-0.25, -0.2) is 21.9 Å². The van der Waals surface area contributed by atoms with Gasteiger partial charge in [0.25, 0.3) is 0 Å². The summed E-state index contributed by atoms with van der Waals surface area (Å²) in [5.41, 5.74) is -0.875. The van der Waals surface area contributed by atoms with Gasteiger partial charge in [0.1, 0.15) is 11.6 Å². The van der Waals surface area contributed by atoms with Crippen molar-refractivity contribution in [2.24, 2.45) is 0 Å². The number of sulfonamides is 1. The maximum absolute atomic E-state index is 13.1. The number of hydrogen-bond donors (Lipinski definition) is 2. The van der Waals surface area contributed by atoms with E-state index in [1.54, 1.807) is 0 Å². The van der Waals surface area contributed by atoms with Crippen LogP contribution in [-0.4, -0.2) is 20.1 Å². The third kappa shape index (κ3) is 4.97. The van der Waals surface area contributed by atoms with Crippen LogP contribution in [0.5, 0.6) is 0 Å². The maximum Gasteiger partial charge on any atom is 0.416 e. The average Bonchev–Trinajstić information content (AvgIpc) is 2.51. The van der Waals surface area contributed by atoms with E-state index >= 15 is 0 Å². The molecule has 136 valence electrons. The molecule has 0 saturated heterocycles. The number of halogens is 5. The molecule has 2 aromatic rings. The summed E-state index contributed by atoms with van der Waals surface area (Å²) in [5, 5.41) is 9.88. The first-order chi connectivity index (χ1) is 11.5. The Kier molecular flexibility index (Phi) is 5.45. The summed E-state index contributed by atoms with van der Waals surface area (Å²) in [6.45, 7) is -0.591. The topological polar surface area (TPSA) is 66.4 Å². The third-order valence-corrected chi connectivity index (χ3v) is 4.64. The number of alkyl halides is 3. The van der Waals surface area contributed by atoms with Crippen molar-refractivity contribution in [3.05, 3.63) is 65.2 Å². The van der Waals surface area contributed by atoms with Gasteiger partial charge in [0.05, 0.1) is 16.6 Å². The largest absolute Gasteiger partial charge is 0.416 e. The summed E-state index contributed by atoms with van der Waals surface area (Å²) in [4.78, 5) is -0.676. The molecular weight excluding hydrogens is 369 g/mol. The van der Waals surface area contributed by atoms with Gasteiger partial charge >= 0.3 is 6.18 Å². The first-order valence-corrected chi connectivity index (χ1v) is 8.28. The molecule has 0 saturated carbocycles. The predicted molar refractivity (Wildman–Crippen MR) is 78.0 cm³/mol. The van der Waals surface area contributed by atoms with Gasteiger partial charge in [-0.15, -0.1) is 0 Å². The zero-order valence-corrected chi connectivity index (χ0v) is 13.2. The molecular formula is C15H12F5NO3S. The highest BCUT2D eigenvalue weighted by molar-refractivity contribution is 7.89. The van der Waals surface area contributed by atoms with E-state index in [0.29, 0.717) is 18.2 Å². The molecule has 10 heteroatoms. The first-order valence-electron chi connectivity index (χ1n) is 6.80. The normalized spacial score (nSPS) is 13.7. The zero-order valence-electron chi connectivity index (χ0n) is 12.4. The molecule has 0 spiro atoms. The summed E-state index contributed by atoms with van der Waals surface area (Å²) < 4.78 is 89.4. The van der Waals surface area contributed by atoms with Gasteiger partial charge in [-0.3, -0.25) is 0 Å². The molecule has 25 heavy (non-hydrogen) atoms. The molecule has 1 unspecified atom stereocenters. The Morgan fingerprint density at radius 3 is 2.00 bits per heavy atom. The smallest absolute Gasteiger partial charge is 0.387 e. The highest BCUT2D eigenvalue weighted by Gasteiger charge is 2.30. The Morgan fingerprint density at radius 1 is 1.00 bits per heavy atom. The lowest BCUT2D eigenvalue weighted by Gasteiger charge is -2.14. The van der Waals surface area contributed by atoms with Gasteiger partial charge in [0.2, 0.25) is 10.0 Å². The Bertz CT molecular complexity index is 830. The van der Waals surface area contributed by atoms with Crippen LogP contribution >= 0.6 is 0 Å². The maximum atomic E-state index is 13.1. The number of aliphatic hydroxyl groups is 1. The van der Waals surface area contributed by atoms with Crippen LogP contribution in [0.4, 0.5) is 22.0 Å². The molecule has 0 aliphatic carbocycles. The number of nitrogens with one attached hydrogen (secondary N) is 1. The molecule has 0 bridgehead atoms. The molecule has 0 aromatic heterocycles. The fourth-order valence-electron chi connectivity index (χ4n) is 1.97. The molecule has 0 aliphatic heterocycles. The fraction of sp³-hybridized carbons (Fsp3) is 0.200. The van der Waals surface area contributed by atoms with Crippen molar-refractivity contribution in [3.63, 3.8) is 0 Å². The van der Waals surface area contributed by atoms with E-state index in [0.717, 1.165) is 24.3 Å². The average molecular weight is 381 g/mol. The Morgan fingerprint density at radius 2 is 1.52 bits per heavy atom. The van der Waals surface area contributed by atoms with Crippen LogP contribution in [0.25, 0.3) is 0 Å². The zero-order chi connectivity index (χ0) is 18.8. The van der Waals surface area contributed by atoms with E-state index in [4.69, 9.17) is 0 Å². The molecule has 0 aliphatic rings. The van der Waals surface area contributed by atoms with E-state index < -0.39 is 50.9 Å². The second-order valence-electron chi connectivity index (χ2n) is 5.09. The lowest BCUT2D eigenvalue weighted by atomic mass is 10.1. The Hall–Kier alpha value is -2.04. The van der Waals surface area contributed by atoms with Gasteiger partial charge in [0.15, 0.2) is 0 Å². The quantitative estimate of drug-likeness (QED) is 0.783. The minimum atomic E-state index is -4.54. The number of aliphatic hydroxyl groups excluding tert-OH is 1. The summed E-state index contributed by atoms with van der Waals surface area (Å²) in [6, 6.07) is 5.18. The summed E-state index contributed by atoms with van der Waals surface area (Å²) >= 11 is 0. The molecule has 0 amide bonds. The van der Waals surface area contributed by atoms with Crippen LogP contribution in [0.2, 0.25) is 0 Å². The predicted octanol–water partition coefficient (Wildman–Crippen LogP) is 3.00. The van der Waals surface area contributed by atoms with Crippen LogP contribution in [0.3, 0.4) is 0 Å². The summed E-state index contributed by atoms with van der Waals surface area (Å²) in [6.07, 6.45) is -5.98. The first kappa shape index (κ1) is 19.3. The highest BCUT2D eigenvalue weighted by Crippen LogP contribution is 2.29. The Labute approximate surface area is 140 Å². The van der Waals surface area contributed by atoms with E-state index in [1.807, 2.05) is 4.72 Å². The van der Waals surface area contributed by atoms with Crippen molar-refractivity contribution in [3.8, 4) is 0 Å². The van der Waals surface area contributed by atoms with Crippen LogP contribution in [0, 0.1) is 11.6 Å². The lowest BCUT2D eigenvalue weighted by molar-refractivity contribution is -0.137. The van der Waals surface area contributed by atoms with Gasteiger partial charge in [-0.05, 0) is 29.8 Å². The van der Waals surface area contributed by atoms with E-state index in [9.17, 15) is 35.5 Å². The molecule has 2 N–H and O–H groups in total. The molecule has 4 nitrogen and oxygen atoms in total. The standard InChI is InChI=1S/C15H12F5NO3S/c16-11-5-12(17)7-13(6-11)25(23,24)21-8-14(22)9-1-3-10(4-2-9)15(18,19)20/h1-7,14,21-22H,8H2. The highest BCUT2D eigenvalue weighted by atomic mass is 32.2. The number of benzene rings is 2. The molecule has 2 aromatic carbocycles. The van der Waals surface area contributed by atoms with Crippen molar-refractivity contribution in [1.29, 1.82) is 0 Å². The summed E-state index contributed by atoms with van der Waals surface area (Å²) in [5.74, 6) is -2.19. The lowest BCUT2D eigenvalue weighted by Crippen LogP contribution is -2.28. The van der Waals surface area contributed by atoms with Crippen molar-refractivity contribution >= 4 is 10.0 Å². The van der Waals surface area contributed by atoms with Crippen molar-refractivity contribution < 1.29 is 35.5 Å². The van der Waals surface area contributed by atoms with E-state index in [1.165, 1.54) is 0 Å².